The minimum atomic E-state index is -0.836. The van der Waals surface area contributed by atoms with Gasteiger partial charge in [-0.05, 0) is 80.8 Å². The lowest BCUT2D eigenvalue weighted by molar-refractivity contribution is -0.132. The van der Waals surface area contributed by atoms with Crippen LogP contribution in [-0.2, 0) is 9.59 Å². The fraction of sp³-hybridized carbons (Fsp3) is 0.214. The lowest BCUT2D eigenvalue weighted by atomic mass is 9.94. The second kappa shape index (κ2) is 9.35. The average molecular weight is 476 g/mol. The molecular formula is C28H26ClNO4. The Labute approximate surface area is 204 Å². The van der Waals surface area contributed by atoms with Gasteiger partial charge in [0.05, 0.1) is 17.7 Å². The zero-order chi connectivity index (χ0) is 24.6. The molecule has 1 heterocycles. The van der Waals surface area contributed by atoms with Crippen molar-refractivity contribution >= 4 is 34.7 Å². The first-order valence-corrected chi connectivity index (χ1v) is 11.5. The molecule has 1 aliphatic rings. The van der Waals surface area contributed by atoms with Gasteiger partial charge >= 0.3 is 0 Å². The molecule has 4 rings (SSSR count). The summed E-state index contributed by atoms with van der Waals surface area (Å²) in [4.78, 5) is 28.1. The van der Waals surface area contributed by atoms with Crippen molar-refractivity contribution in [3.63, 3.8) is 0 Å². The monoisotopic (exact) mass is 475 g/mol. The molecule has 0 aromatic heterocycles. The number of hydrogen-bond acceptors (Lipinski definition) is 4. The Kier molecular flexibility index (Phi) is 6.49. The highest BCUT2D eigenvalue weighted by molar-refractivity contribution is 6.51. The molecule has 174 valence electrons. The largest absolute Gasteiger partial charge is 0.507 e. The fourth-order valence-corrected chi connectivity index (χ4v) is 4.30. The number of nitrogens with zero attached hydrogens (tertiary/aromatic N) is 1. The molecule has 1 N–H and O–H groups in total. The van der Waals surface area contributed by atoms with Crippen molar-refractivity contribution in [3.8, 4) is 5.75 Å². The molecule has 3 aromatic carbocycles. The topological polar surface area (TPSA) is 66.8 Å². The summed E-state index contributed by atoms with van der Waals surface area (Å²) in [5, 5.41) is 11.6. The van der Waals surface area contributed by atoms with Crippen LogP contribution < -0.4 is 9.64 Å². The van der Waals surface area contributed by atoms with Crippen LogP contribution in [0.15, 0.2) is 72.3 Å². The van der Waals surface area contributed by atoms with E-state index in [1.54, 1.807) is 30.3 Å². The minimum absolute atomic E-state index is 0.00666. The van der Waals surface area contributed by atoms with Gasteiger partial charge in [0.15, 0.2) is 0 Å². The van der Waals surface area contributed by atoms with E-state index in [-0.39, 0.29) is 17.4 Å². The van der Waals surface area contributed by atoms with E-state index in [9.17, 15) is 14.7 Å². The molecule has 1 aliphatic heterocycles. The number of carbonyl (C=O) groups excluding carboxylic acids is 2. The molecule has 0 bridgehead atoms. The normalized spacial score (nSPS) is 17.5. The average Bonchev–Trinajstić information content (AvgIpc) is 3.05. The molecule has 6 heteroatoms. The third kappa shape index (κ3) is 4.44. The van der Waals surface area contributed by atoms with Crippen LogP contribution in [0, 0.1) is 13.8 Å². The lowest BCUT2D eigenvalue weighted by Crippen LogP contribution is -2.29. The maximum absolute atomic E-state index is 13.3. The maximum atomic E-state index is 13.3. The Morgan fingerprint density at radius 1 is 0.971 bits per heavy atom. The molecule has 1 fully saturated rings. The van der Waals surface area contributed by atoms with Gasteiger partial charge in [0.25, 0.3) is 11.7 Å². The summed E-state index contributed by atoms with van der Waals surface area (Å²) in [6.45, 7) is 7.78. The van der Waals surface area contributed by atoms with E-state index in [2.05, 4.69) is 0 Å². The van der Waals surface area contributed by atoms with Crippen LogP contribution in [0.4, 0.5) is 5.69 Å². The Balaban J connectivity index is 1.95. The van der Waals surface area contributed by atoms with E-state index < -0.39 is 17.7 Å². The number of ether oxygens (including phenoxy) is 1. The Hall–Kier alpha value is -3.57. The third-order valence-corrected chi connectivity index (χ3v) is 6.09. The number of Topliss-reactive ketones (excluding diaryl/α,β-unsaturated/α-hetero) is 1. The van der Waals surface area contributed by atoms with Crippen molar-refractivity contribution < 1.29 is 19.4 Å². The predicted octanol–water partition coefficient (Wildman–Crippen LogP) is 6.37. The van der Waals surface area contributed by atoms with Crippen molar-refractivity contribution in [3.05, 3.63) is 99.6 Å². The first-order chi connectivity index (χ1) is 16.2. The molecule has 34 heavy (non-hydrogen) atoms. The first-order valence-electron chi connectivity index (χ1n) is 11.1. The van der Waals surface area contributed by atoms with E-state index in [1.807, 2.05) is 64.1 Å². The van der Waals surface area contributed by atoms with Crippen molar-refractivity contribution in [2.75, 3.05) is 4.90 Å². The number of hydrogen-bond donors (Lipinski definition) is 1. The van der Waals surface area contributed by atoms with Gasteiger partial charge in [-0.15, -0.1) is 0 Å². The second-order valence-electron chi connectivity index (χ2n) is 8.69. The van der Waals surface area contributed by atoms with Crippen molar-refractivity contribution in [1.82, 2.24) is 0 Å². The second-order valence-corrected chi connectivity index (χ2v) is 9.12. The molecule has 1 atom stereocenters. The molecular weight excluding hydrogens is 450 g/mol. The van der Waals surface area contributed by atoms with E-state index >= 15 is 0 Å². The van der Waals surface area contributed by atoms with Crippen LogP contribution in [-0.4, -0.2) is 22.9 Å². The van der Waals surface area contributed by atoms with Gasteiger partial charge in [-0.1, -0.05) is 41.9 Å². The van der Waals surface area contributed by atoms with E-state index in [4.69, 9.17) is 16.3 Å². The van der Waals surface area contributed by atoms with E-state index in [0.29, 0.717) is 27.6 Å². The Morgan fingerprint density at radius 3 is 2.38 bits per heavy atom. The molecule has 0 aliphatic carbocycles. The van der Waals surface area contributed by atoms with Crippen molar-refractivity contribution in [2.45, 2.75) is 39.8 Å². The molecule has 1 unspecified atom stereocenters. The standard InChI is InChI=1S/C28H26ClNO4/c1-16(2)34-23-10-6-7-19(15-23)25-24(26(31)20-8-5-9-21(29)14-20)27(32)28(33)30(25)22-12-11-17(3)18(4)13-22/h5-16,25,31H,1-4H3/b26-24+. The Bertz CT molecular complexity index is 1310. The number of benzene rings is 3. The highest BCUT2D eigenvalue weighted by Gasteiger charge is 2.47. The van der Waals surface area contributed by atoms with Crippen LogP contribution in [0.1, 0.15) is 42.1 Å². The summed E-state index contributed by atoms with van der Waals surface area (Å²) in [6.07, 6.45) is -0.0483. The quantitative estimate of drug-likeness (QED) is 0.264. The molecule has 0 radical (unpaired) electrons. The number of aliphatic hydroxyl groups excluding tert-OH is 1. The summed E-state index contributed by atoms with van der Waals surface area (Å²) in [7, 11) is 0. The maximum Gasteiger partial charge on any atom is 0.300 e. The Morgan fingerprint density at radius 2 is 1.71 bits per heavy atom. The SMILES string of the molecule is Cc1ccc(N2C(=O)C(=O)/C(=C(/O)c3cccc(Cl)c3)C2c2cccc(OC(C)C)c2)cc1C. The fourth-order valence-electron chi connectivity index (χ4n) is 4.11. The lowest BCUT2D eigenvalue weighted by Gasteiger charge is -2.26. The zero-order valence-electron chi connectivity index (χ0n) is 19.5. The van der Waals surface area contributed by atoms with Crippen molar-refractivity contribution in [1.29, 1.82) is 0 Å². The summed E-state index contributed by atoms with van der Waals surface area (Å²) in [6, 6.07) is 18.6. The molecule has 3 aromatic rings. The number of rotatable bonds is 5. The number of aliphatic hydroxyl groups is 1. The minimum Gasteiger partial charge on any atom is -0.507 e. The van der Waals surface area contributed by atoms with Gasteiger partial charge in [-0.25, -0.2) is 0 Å². The molecule has 1 saturated heterocycles. The highest BCUT2D eigenvalue weighted by atomic mass is 35.5. The molecule has 5 nitrogen and oxygen atoms in total. The number of amides is 1. The van der Waals surface area contributed by atoms with Crippen LogP contribution in [0.5, 0.6) is 5.75 Å². The van der Waals surface area contributed by atoms with Crippen molar-refractivity contribution in [2.24, 2.45) is 0 Å². The van der Waals surface area contributed by atoms with Gasteiger partial charge in [-0.3, -0.25) is 14.5 Å². The van der Waals surface area contributed by atoms with Gasteiger partial charge in [0.1, 0.15) is 11.5 Å². The van der Waals surface area contributed by atoms with Gasteiger partial charge < -0.3 is 9.84 Å². The van der Waals surface area contributed by atoms with Crippen LogP contribution >= 0.6 is 11.6 Å². The molecule has 0 saturated carbocycles. The van der Waals surface area contributed by atoms with Crippen LogP contribution in [0.25, 0.3) is 5.76 Å². The highest BCUT2D eigenvalue weighted by Crippen LogP contribution is 2.43. The third-order valence-electron chi connectivity index (χ3n) is 5.86. The molecule has 1 amide bonds. The van der Waals surface area contributed by atoms with Gasteiger partial charge in [0, 0.05) is 16.3 Å². The number of ketones is 1. The summed E-state index contributed by atoms with van der Waals surface area (Å²) in [5.41, 5.74) is 3.67. The van der Waals surface area contributed by atoms with Crippen LogP contribution in [0.3, 0.4) is 0 Å². The number of halogens is 1. The first kappa shape index (κ1) is 23.6. The predicted molar refractivity (Wildman–Crippen MR) is 134 cm³/mol. The molecule has 0 spiro atoms. The summed E-state index contributed by atoms with van der Waals surface area (Å²) >= 11 is 6.13. The smallest absolute Gasteiger partial charge is 0.300 e. The van der Waals surface area contributed by atoms with E-state index in [1.165, 1.54) is 4.90 Å². The summed E-state index contributed by atoms with van der Waals surface area (Å²) < 4.78 is 5.86. The number of aryl methyl sites for hydroxylation is 2. The number of anilines is 1. The van der Waals surface area contributed by atoms with Gasteiger partial charge in [-0.2, -0.15) is 0 Å². The zero-order valence-corrected chi connectivity index (χ0v) is 20.3. The summed E-state index contributed by atoms with van der Waals surface area (Å²) in [5.74, 6) is -1.11. The van der Waals surface area contributed by atoms with Gasteiger partial charge in [0.2, 0.25) is 0 Å². The number of carbonyl (C=O) groups is 2. The van der Waals surface area contributed by atoms with E-state index in [0.717, 1.165) is 11.1 Å². The van der Waals surface area contributed by atoms with Crippen LogP contribution in [0.2, 0.25) is 5.02 Å².